The quantitative estimate of drug-likeness (QED) is 0.371. The van der Waals surface area contributed by atoms with Gasteiger partial charge in [0.25, 0.3) is 11.6 Å². The van der Waals surface area contributed by atoms with Gasteiger partial charge in [0.2, 0.25) is 0 Å². The molecule has 0 heterocycles. The van der Waals surface area contributed by atoms with Crippen molar-refractivity contribution in [3.8, 4) is 0 Å². The van der Waals surface area contributed by atoms with Gasteiger partial charge in [-0.25, -0.2) is 4.79 Å². The third-order valence-corrected chi connectivity index (χ3v) is 3.26. The van der Waals surface area contributed by atoms with Crippen LogP contribution in [0.25, 0.3) is 6.08 Å². The van der Waals surface area contributed by atoms with Crippen LogP contribution in [-0.4, -0.2) is 22.9 Å². The van der Waals surface area contributed by atoms with Crippen molar-refractivity contribution >= 4 is 23.6 Å². The smallest absolute Gasteiger partial charge is 0.355 e. The minimum Gasteiger partial charge on any atom is -0.458 e. The first-order valence-electron chi connectivity index (χ1n) is 7.90. The van der Waals surface area contributed by atoms with Crippen LogP contribution in [0.2, 0.25) is 0 Å². The second-order valence-electron chi connectivity index (χ2n) is 5.68. The Hall–Kier alpha value is -3.48. The van der Waals surface area contributed by atoms with Gasteiger partial charge in [-0.05, 0) is 49.8 Å². The van der Waals surface area contributed by atoms with Gasteiger partial charge >= 0.3 is 5.97 Å². The lowest BCUT2D eigenvalue weighted by molar-refractivity contribution is -0.384. The Kier molecular flexibility index (Phi) is 6.21. The zero-order chi connectivity index (χ0) is 19.1. The molecule has 0 saturated heterocycles. The van der Waals surface area contributed by atoms with Crippen LogP contribution in [0.3, 0.4) is 0 Å². The van der Waals surface area contributed by atoms with E-state index in [0.29, 0.717) is 11.1 Å². The number of hydrogen-bond donors (Lipinski definition) is 1. The van der Waals surface area contributed by atoms with E-state index in [1.807, 2.05) is 0 Å². The van der Waals surface area contributed by atoms with Crippen LogP contribution in [0.4, 0.5) is 5.69 Å². The van der Waals surface area contributed by atoms with Crippen molar-refractivity contribution in [3.63, 3.8) is 0 Å². The number of esters is 1. The molecule has 1 amide bonds. The van der Waals surface area contributed by atoms with Gasteiger partial charge in [0.15, 0.2) is 0 Å². The van der Waals surface area contributed by atoms with Crippen LogP contribution in [0.5, 0.6) is 0 Å². The summed E-state index contributed by atoms with van der Waals surface area (Å²) in [6.45, 7) is 3.39. The molecule has 0 saturated carbocycles. The van der Waals surface area contributed by atoms with Crippen LogP contribution in [0.15, 0.2) is 60.3 Å². The molecule has 7 heteroatoms. The zero-order valence-electron chi connectivity index (χ0n) is 14.3. The first kappa shape index (κ1) is 18.9. The summed E-state index contributed by atoms with van der Waals surface area (Å²) in [6, 6.07) is 14.0. The van der Waals surface area contributed by atoms with Crippen molar-refractivity contribution in [1.82, 2.24) is 5.32 Å². The molecule has 2 aromatic rings. The second kappa shape index (κ2) is 8.57. The van der Waals surface area contributed by atoms with E-state index >= 15 is 0 Å². The molecule has 0 aliphatic heterocycles. The predicted octanol–water partition coefficient (Wildman–Crippen LogP) is 3.32. The van der Waals surface area contributed by atoms with Crippen molar-refractivity contribution in [2.24, 2.45) is 0 Å². The van der Waals surface area contributed by atoms with Gasteiger partial charge in [-0.1, -0.05) is 18.2 Å². The van der Waals surface area contributed by atoms with Gasteiger partial charge < -0.3 is 10.1 Å². The summed E-state index contributed by atoms with van der Waals surface area (Å²) < 4.78 is 5.15. The lowest BCUT2D eigenvalue weighted by Crippen LogP contribution is -2.29. The number of nitrogens with one attached hydrogen (secondary N) is 1. The number of amides is 1. The number of ether oxygens (including phenoxy) is 1. The molecule has 0 aliphatic rings. The number of rotatable bonds is 6. The normalized spacial score (nSPS) is 11.1. The van der Waals surface area contributed by atoms with Gasteiger partial charge in [0.1, 0.15) is 5.70 Å². The minimum atomic E-state index is -0.692. The molecule has 0 radical (unpaired) electrons. The monoisotopic (exact) mass is 354 g/mol. The third kappa shape index (κ3) is 5.27. The predicted molar refractivity (Wildman–Crippen MR) is 96.2 cm³/mol. The largest absolute Gasteiger partial charge is 0.458 e. The van der Waals surface area contributed by atoms with Gasteiger partial charge in [0.05, 0.1) is 11.0 Å². The average Bonchev–Trinajstić information content (AvgIpc) is 2.61. The van der Waals surface area contributed by atoms with Crippen molar-refractivity contribution in [2.45, 2.75) is 20.0 Å². The number of carbonyl (C=O) groups excluding carboxylic acids is 2. The lowest BCUT2D eigenvalue weighted by atomic mass is 10.1. The van der Waals surface area contributed by atoms with Crippen LogP contribution in [0.1, 0.15) is 29.8 Å². The number of non-ortho nitro benzene ring substituents is 1. The van der Waals surface area contributed by atoms with E-state index in [-0.39, 0.29) is 17.5 Å². The fourth-order valence-corrected chi connectivity index (χ4v) is 2.07. The summed E-state index contributed by atoms with van der Waals surface area (Å²) in [4.78, 5) is 34.8. The highest BCUT2D eigenvalue weighted by Crippen LogP contribution is 2.15. The highest BCUT2D eigenvalue weighted by Gasteiger charge is 2.17. The molecule has 7 nitrogen and oxygen atoms in total. The van der Waals surface area contributed by atoms with Crippen LogP contribution in [-0.2, 0) is 9.53 Å². The topological polar surface area (TPSA) is 98.5 Å². The van der Waals surface area contributed by atoms with E-state index in [1.165, 1.54) is 30.3 Å². The van der Waals surface area contributed by atoms with E-state index in [1.54, 1.807) is 44.2 Å². The van der Waals surface area contributed by atoms with Crippen LogP contribution < -0.4 is 5.32 Å². The molecule has 0 aromatic heterocycles. The first-order valence-corrected chi connectivity index (χ1v) is 7.90. The highest BCUT2D eigenvalue weighted by atomic mass is 16.6. The van der Waals surface area contributed by atoms with Crippen molar-refractivity contribution in [3.05, 3.63) is 81.5 Å². The summed E-state index contributed by atoms with van der Waals surface area (Å²) in [5.41, 5.74) is 0.780. The maximum absolute atomic E-state index is 12.3. The summed E-state index contributed by atoms with van der Waals surface area (Å²) >= 11 is 0. The molecule has 0 spiro atoms. The minimum absolute atomic E-state index is 0.0543. The molecule has 1 N–H and O–H groups in total. The standard InChI is InChI=1S/C19H18N2O5/c1-13(2)26-19(23)17(20-18(22)15-6-4-3-5-7-15)12-14-8-10-16(11-9-14)21(24)25/h3-13H,1-2H3,(H,20,22)/b17-12+. The Balaban J connectivity index is 2.29. The van der Waals surface area contributed by atoms with Gasteiger partial charge in [-0.3, -0.25) is 14.9 Å². The molecule has 0 atom stereocenters. The number of nitro benzene ring substituents is 1. The molecule has 0 bridgehead atoms. The van der Waals surface area contributed by atoms with E-state index in [2.05, 4.69) is 5.32 Å². The molecule has 0 unspecified atom stereocenters. The van der Waals surface area contributed by atoms with Crippen LogP contribution >= 0.6 is 0 Å². The molecule has 2 rings (SSSR count). The summed E-state index contributed by atoms with van der Waals surface area (Å²) in [5.74, 6) is -1.15. The fourth-order valence-electron chi connectivity index (χ4n) is 2.07. The maximum Gasteiger partial charge on any atom is 0.355 e. The number of nitrogens with zero attached hydrogens (tertiary/aromatic N) is 1. The van der Waals surface area contributed by atoms with Crippen molar-refractivity contribution in [2.75, 3.05) is 0 Å². The summed E-state index contributed by atoms with van der Waals surface area (Å²) in [5, 5.41) is 13.3. The van der Waals surface area contributed by atoms with E-state index < -0.39 is 16.8 Å². The van der Waals surface area contributed by atoms with Crippen molar-refractivity contribution in [1.29, 1.82) is 0 Å². The third-order valence-electron chi connectivity index (χ3n) is 3.26. The Morgan fingerprint density at radius 1 is 1.08 bits per heavy atom. The van der Waals surface area contributed by atoms with Gasteiger partial charge in [0, 0.05) is 17.7 Å². The Bertz CT molecular complexity index is 827. The number of carbonyl (C=O) groups is 2. The SMILES string of the molecule is CC(C)OC(=O)/C(=C\c1ccc([N+](=O)[O-])cc1)NC(=O)c1ccccc1. The van der Waals surface area contributed by atoms with E-state index in [9.17, 15) is 19.7 Å². The molecule has 26 heavy (non-hydrogen) atoms. The van der Waals surface area contributed by atoms with E-state index in [0.717, 1.165) is 0 Å². The molecule has 2 aromatic carbocycles. The van der Waals surface area contributed by atoms with Crippen LogP contribution in [0, 0.1) is 10.1 Å². The number of benzene rings is 2. The Labute approximate surface area is 150 Å². The first-order chi connectivity index (χ1) is 12.4. The van der Waals surface area contributed by atoms with Crippen molar-refractivity contribution < 1.29 is 19.2 Å². The lowest BCUT2D eigenvalue weighted by Gasteiger charge is -2.12. The fraction of sp³-hybridized carbons (Fsp3) is 0.158. The maximum atomic E-state index is 12.3. The molecular formula is C19H18N2O5. The summed E-state index contributed by atoms with van der Waals surface area (Å²) in [6.07, 6.45) is 1.05. The Morgan fingerprint density at radius 3 is 2.23 bits per heavy atom. The highest BCUT2D eigenvalue weighted by molar-refractivity contribution is 6.03. The number of hydrogen-bond acceptors (Lipinski definition) is 5. The molecule has 0 fully saturated rings. The summed E-state index contributed by atoms with van der Waals surface area (Å²) in [7, 11) is 0. The molecular weight excluding hydrogens is 336 g/mol. The molecule has 0 aliphatic carbocycles. The van der Waals surface area contributed by atoms with Gasteiger partial charge in [-0.15, -0.1) is 0 Å². The Morgan fingerprint density at radius 2 is 1.69 bits per heavy atom. The average molecular weight is 354 g/mol. The van der Waals surface area contributed by atoms with Gasteiger partial charge in [-0.2, -0.15) is 0 Å². The zero-order valence-corrected chi connectivity index (χ0v) is 14.3. The van der Waals surface area contributed by atoms with E-state index in [4.69, 9.17) is 4.74 Å². The second-order valence-corrected chi connectivity index (χ2v) is 5.68. The number of nitro groups is 1. The molecule has 134 valence electrons.